The van der Waals surface area contributed by atoms with Gasteiger partial charge in [-0.3, -0.25) is 9.69 Å². The van der Waals surface area contributed by atoms with Crippen LogP contribution in [0.4, 0.5) is 11.4 Å². The van der Waals surface area contributed by atoms with Crippen molar-refractivity contribution in [3.05, 3.63) is 107 Å². The molecule has 3 aromatic carbocycles. The minimum absolute atomic E-state index is 0.0149. The summed E-state index contributed by atoms with van der Waals surface area (Å²) >= 11 is 12.7. The van der Waals surface area contributed by atoms with Gasteiger partial charge >= 0.3 is 0 Å². The van der Waals surface area contributed by atoms with Crippen LogP contribution in [-0.4, -0.2) is 72.4 Å². The van der Waals surface area contributed by atoms with Crippen LogP contribution in [0.25, 0.3) is 0 Å². The number of carbonyl (C=O) groups is 1. The molecule has 6 rings (SSSR count). The second-order valence-electron chi connectivity index (χ2n) is 11.1. The summed E-state index contributed by atoms with van der Waals surface area (Å²) in [4.78, 5) is 21.2. The van der Waals surface area contributed by atoms with Gasteiger partial charge in [-0.1, -0.05) is 47.5 Å². The van der Waals surface area contributed by atoms with E-state index in [1.165, 1.54) is 0 Å². The molecule has 44 heavy (non-hydrogen) atoms. The van der Waals surface area contributed by atoms with Crippen LogP contribution < -0.4 is 15.0 Å². The predicted octanol–water partition coefficient (Wildman–Crippen LogP) is 5.61. The molecule has 0 bridgehead atoms. The van der Waals surface area contributed by atoms with Gasteiger partial charge in [-0.25, -0.2) is 4.98 Å². The Kier molecular flexibility index (Phi) is 9.39. The zero-order valence-electron chi connectivity index (χ0n) is 24.5. The Labute approximate surface area is 267 Å². The van der Waals surface area contributed by atoms with Gasteiger partial charge in [0.1, 0.15) is 18.5 Å². The monoisotopic (exact) mass is 635 g/mol. The van der Waals surface area contributed by atoms with Crippen LogP contribution in [0, 0.1) is 6.92 Å². The summed E-state index contributed by atoms with van der Waals surface area (Å²) in [6.45, 7) is 6.75. The normalized spacial score (nSPS) is 20.5. The van der Waals surface area contributed by atoms with Crippen molar-refractivity contribution >= 4 is 40.5 Å². The van der Waals surface area contributed by atoms with Crippen LogP contribution in [0.2, 0.25) is 10.0 Å². The van der Waals surface area contributed by atoms with Gasteiger partial charge in [0, 0.05) is 60.5 Å². The Balaban J connectivity index is 0.998. The van der Waals surface area contributed by atoms with Gasteiger partial charge < -0.3 is 29.0 Å². The molecule has 4 aromatic rings. The predicted molar refractivity (Wildman–Crippen MR) is 172 cm³/mol. The number of anilines is 2. The third-order valence-electron chi connectivity index (χ3n) is 7.95. The molecule has 9 nitrogen and oxygen atoms in total. The van der Waals surface area contributed by atoms with E-state index in [4.69, 9.17) is 37.4 Å². The van der Waals surface area contributed by atoms with E-state index in [0.717, 1.165) is 48.9 Å². The topological polar surface area (TPSA) is 81.1 Å². The molecule has 0 aliphatic carbocycles. The number of carbonyl (C=O) groups excluding carboxylic acids is 1. The van der Waals surface area contributed by atoms with Crippen molar-refractivity contribution in [3.63, 3.8) is 0 Å². The molecule has 0 radical (unpaired) electrons. The number of piperazine rings is 1. The van der Waals surface area contributed by atoms with Crippen molar-refractivity contribution < 1.29 is 19.0 Å². The maximum atomic E-state index is 12.6. The first-order valence-electron chi connectivity index (χ1n) is 14.7. The van der Waals surface area contributed by atoms with E-state index < -0.39 is 5.79 Å². The SMILES string of the molecule is Cc1ccccc1NC(=O)CN1CCN(c2ccc(OCC3COC(Cn4ccnc4)(c4ccc(Cl)cc4Cl)O3)cc2)CC1. The maximum absolute atomic E-state index is 12.6. The van der Waals surface area contributed by atoms with E-state index >= 15 is 0 Å². The van der Waals surface area contributed by atoms with Crippen LogP contribution in [0.15, 0.2) is 85.5 Å². The minimum atomic E-state index is -1.09. The Morgan fingerprint density at radius 3 is 2.59 bits per heavy atom. The van der Waals surface area contributed by atoms with Gasteiger partial charge in [0.05, 0.1) is 31.0 Å². The van der Waals surface area contributed by atoms with Crippen LogP contribution >= 0.6 is 23.2 Å². The van der Waals surface area contributed by atoms with Crippen molar-refractivity contribution in [2.75, 3.05) is 56.2 Å². The first-order chi connectivity index (χ1) is 21.4. The number of hydrogen-bond acceptors (Lipinski definition) is 7. The highest BCUT2D eigenvalue weighted by Gasteiger charge is 2.45. The summed E-state index contributed by atoms with van der Waals surface area (Å²) in [7, 11) is 0. The van der Waals surface area contributed by atoms with E-state index in [-0.39, 0.29) is 12.0 Å². The highest BCUT2D eigenvalue weighted by Crippen LogP contribution is 2.40. The van der Waals surface area contributed by atoms with E-state index in [2.05, 4.69) is 32.2 Å². The van der Waals surface area contributed by atoms with Gasteiger partial charge in [-0.2, -0.15) is 0 Å². The lowest BCUT2D eigenvalue weighted by molar-refractivity contribution is -0.189. The number of nitrogens with one attached hydrogen (secondary N) is 1. The lowest BCUT2D eigenvalue weighted by atomic mass is 10.1. The fourth-order valence-electron chi connectivity index (χ4n) is 5.59. The quantitative estimate of drug-likeness (QED) is 0.243. The third kappa shape index (κ3) is 7.20. The fraction of sp³-hybridized carbons (Fsp3) is 0.333. The minimum Gasteiger partial charge on any atom is -0.491 e. The van der Waals surface area contributed by atoms with Crippen LogP contribution in [-0.2, 0) is 26.6 Å². The lowest BCUT2D eigenvalue weighted by Gasteiger charge is -2.35. The number of aromatic nitrogens is 2. The molecule has 2 fully saturated rings. The van der Waals surface area contributed by atoms with Crippen molar-refractivity contribution in [2.45, 2.75) is 25.4 Å². The third-order valence-corrected chi connectivity index (χ3v) is 8.50. The second kappa shape index (κ2) is 13.6. The smallest absolute Gasteiger partial charge is 0.238 e. The number of amides is 1. The molecule has 1 N–H and O–H groups in total. The van der Waals surface area contributed by atoms with Crippen LogP contribution in [0.5, 0.6) is 5.75 Å². The number of para-hydroxylation sites is 1. The summed E-state index contributed by atoms with van der Waals surface area (Å²) in [6, 6.07) is 21.2. The average Bonchev–Trinajstić information content (AvgIpc) is 3.68. The molecular formula is C33H35Cl2N5O4. The van der Waals surface area contributed by atoms with E-state index in [1.807, 2.05) is 60.2 Å². The Hall–Kier alpha value is -3.60. The summed E-state index contributed by atoms with van der Waals surface area (Å²) in [6.07, 6.45) is 4.98. The Morgan fingerprint density at radius 2 is 1.86 bits per heavy atom. The fourth-order valence-corrected chi connectivity index (χ4v) is 6.14. The molecule has 1 aromatic heterocycles. The zero-order chi connectivity index (χ0) is 30.5. The van der Waals surface area contributed by atoms with Gasteiger partial charge in [-0.15, -0.1) is 0 Å². The van der Waals surface area contributed by atoms with Gasteiger partial charge in [0.15, 0.2) is 0 Å². The summed E-state index contributed by atoms with van der Waals surface area (Å²) < 4.78 is 20.8. The Morgan fingerprint density at radius 1 is 1.07 bits per heavy atom. The summed E-state index contributed by atoms with van der Waals surface area (Å²) in [5.41, 5.74) is 3.75. The van der Waals surface area contributed by atoms with E-state index in [1.54, 1.807) is 24.7 Å². The zero-order valence-corrected chi connectivity index (χ0v) is 26.0. The molecular weight excluding hydrogens is 601 g/mol. The van der Waals surface area contributed by atoms with E-state index in [0.29, 0.717) is 41.9 Å². The number of aryl methyl sites for hydroxylation is 1. The van der Waals surface area contributed by atoms with Crippen molar-refractivity contribution in [3.8, 4) is 5.75 Å². The van der Waals surface area contributed by atoms with Gasteiger partial charge in [0.2, 0.25) is 11.7 Å². The molecule has 2 saturated heterocycles. The molecule has 2 aliphatic heterocycles. The number of benzene rings is 3. The standard InChI is InChI=1S/C33H35Cl2N5O4/c1-24-4-2-3-5-31(24)37-32(41)19-38-14-16-40(17-15-38)26-7-9-27(10-8-26)42-20-28-21-43-33(44-28,22-39-13-12-36-23-39)29-11-6-25(34)18-30(29)35/h2-13,18,23,28H,14-17,19-22H2,1H3,(H,37,41). The second-order valence-corrected chi connectivity index (χ2v) is 11.9. The van der Waals surface area contributed by atoms with Gasteiger partial charge in [0.25, 0.3) is 0 Å². The highest BCUT2D eigenvalue weighted by atomic mass is 35.5. The number of ether oxygens (including phenoxy) is 3. The average molecular weight is 637 g/mol. The van der Waals surface area contributed by atoms with E-state index in [9.17, 15) is 4.79 Å². The molecule has 2 aliphatic rings. The number of halogens is 2. The molecule has 1 amide bonds. The maximum Gasteiger partial charge on any atom is 0.238 e. The lowest BCUT2D eigenvalue weighted by Crippen LogP contribution is -2.48. The largest absolute Gasteiger partial charge is 0.491 e. The molecule has 2 unspecified atom stereocenters. The molecule has 11 heteroatoms. The molecule has 0 saturated carbocycles. The van der Waals surface area contributed by atoms with Crippen molar-refractivity contribution in [2.24, 2.45) is 0 Å². The summed E-state index contributed by atoms with van der Waals surface area (Å²) in [5, 5.41) is 4.04. The Bertz CT molecular complexity index is 1560. The van der Waals surface area contributed by atoms with Crippen molar-refractivity contribution in [1.82, 2.24) is 14.5 Å². The van der Waals surface area contributed by atoms with Crippen LogP contribution in [0.1, 0.15) is 11.1 Å². The molecule has 3 heterocycles. The highest BCUT2D eigenvalue weighted by molar-refractivity contribution is 6.35. The van der Waals surface area contributed by atoms with Crippen LogP contribution in [0.3, 0.4) is 0 Å². The first-order valence-corrected chi connectivity index (χ1v) is 15.4. The molecule has 0 spiro atoms. The summed E-state index contributed by atoms with van der Waals surface area (Å²) in [5.74, 6) is -0.328. The number of rotatable bonds is 10. The molecule has 230 valence electrons. The molecule has 2 atom stereocenters. The number of imidazole rings is 1. The number of hydrogen-bond donors (Lipinski definition) is 1. The van der Waals surface area contributed by atoms with Gasteiger partial charge in [-0.05, 0) is 55.0 Å². The first kappa shape index (κ1) is 30.4. The number of nitrogens with zero attached hydrogens (tertiary/aromatic N) is 4. The van der Waals surface area contributed by atoms with Crippen molar-refractivity contribution in [1.29, 1.82) is 0 Å².